The van der Waals surface area contributed by atoms with Crippen molar-refractivity contribution in [1.82, 2.24) is 24.3 Å². The number of rotatable bonds is 5. The van der Waals surface area contributed by atoms with E-state index in [1.807, 2.05) is 42.0 Å². The fourth-order valence-corrected chi connectivity index (χ4v) is 4.35. The summed E-state index contributed by atoms with van der Waals surface area (Å²) in [4.78, 5) is 16.9. The largest absolute Gasteiger partial charge is 0.480 e. The van der Waals surface area contributed by atoms with Crippen LogP contribution in [0.25, 0.3) is 27.8 Å². The van der Waals surface area contributed by atoms with Crippen molar-refractivity contribution in [3.63, 3.8) is 0 Å². The average molecular weight is 406 g/mol. The van der Waals surface area contributed by atoms with E-state index in [-0.39, 0.29) is 6.04 Å². The Morgan fingerprint density at radius 1 is 1.30 bits per heavy atom. The van der Waals surface area contributed by atoms with Gasteiger partial charge in [0.2, 0.25) is 11.8 Å². The predicted octanol–water partition coefficient (Wildman–Crippen LogP) is 3.78. The summed E-state index contributed by atoms with van der Waals surface area (Å²) in [6, 6.07) is 4.27. The minimum absolute atomic E-state index is 0.247. The Hall–Kier alpha value is -3.13. The molecule has 1 aliphatic rings. The molecule has 0 spiro atoms. The van der Waals surface area contributed by atoms with Gasteiger partial charge in [0, 0.05) is 42.0 Å². The van der Waals surface area contributed by atoms with Gasteiger partial charge in [0.25, 0.3) is 0 Å². The van der Waals surface area contributed by atoms with Gasteiger partial charge in [-0.1, -0.05) is 6.92 Å². The van der Waals surface area contributed by atoms with Crippen LogP contribution < -0.4 is 10.1 Å². The van der Waals surface area contributed by atoms with Crippen LogP contribution in [0.3, 0.4) is 0 Å². The zero-order chi connectivity index (χ0) is 20.7. The van der Waals surface area contributed by atoms with Crippen molar-refractivity contribution in [3.05, 3.63) is 36.9 Å². The molecule has 0 bridgehead atoms. The molecule has 3 N–H and O–H groups in total. The first-order valence-electron chi connectivity index (χ1n) is 10.4. The van der Waals surface area contributed by atoms with Crippen molar-refractivity contribution in [2.75, 3.05) is 12.4 Å². The van der Waals surface area contributed by atoms with Gasteiger partial charge in [-0.15, -0.1) is 0 Å². The van der Waals surface area contributed by atoms with Crippen molar-refractivity contribution in [1.29, 1.82) is 0 Å². The van der Waals surface area contributed by atoms with Crippen molar-refractivity contribution >= 4 is 22.6 Å². The summed E-state index contributed by atoms with van der Waals surface area (Å²) >= 11 is 0. The lowest BCUT2D eigenvalue weighted by Gasteiger charge is -2.35. The van der Waals surface area contributed by atoms with Crippen LogP contribution in [0, 0.1) is 0 Å². The number of hydrogen-bond donors (Lipinski definition) is 3. The fourth-order valence-electron chi connectivity index (χ4n) is 4.35. The Morgan fingerprint density at radius 3 is 2.90 bits per heavy atom. The topological polar surface area (TPSA) is 100 Å². The minimum atomic E-state index is -0.522. The molecule has 1 saturated carbocycles. The summed E-state index contributed by atoms with van der Waals surface area (Å²) in [7, 11) is 1.63. The van der Waals surface area contributed by atoms with Gasteiger partial charge in [-0.25, -0.2) is 4.98 Å². The van der Waals surface area contributed by atoms with Crippen molar-refractivity contribution in [2.24, 2.45) is 0 Å². The molecule has 0 amide bonds. The van der Waals surface area contributed by atoms with E-state index in [4.69, 9.17) is 9.72 Å². The molecule has 8 heteroatoms. The van der Waals surface area contributed by atoms with E-state index >= 15 is 0 Å². The van der Waals surface area contributed by atoms with Crippen molar-refractivity contribution in [2.45, 2.75) is 50.7 Å². The lowest BCUT2D eigenvalue weighted by atomic mass is 9.80. The normalized spacial score (nSPS) is 21.9. The van der Waals surface area contributed by atoms with E-state index in [2.05, 4.69) is 20.3 Å². The van der Waals surface area contributed by atoms with E-state index in [0.29, 0.717) is 11.8 Å². The minimum Gasteiger partial charge on any atom is -0.480 e. The van der Waals surface area contributed by atoms with Gasteiger partial charge in [0.05, 0.1) is 18.1 Å². The molecule has 1 fully saturated rings. The molecule has 0 aromatic carbocycles. The Bertz CT molecular complexity index is 1190. The van der Waals surface area contributed by atoms with E-state index in [1.54, 1.807) is 13.3 Å². The number of nitrogens with zero attached hydrogens (tertiary/aromatic N) is 4. The van der Waals surface area contributed by atoms with Crippen LogP contribution in [0.4, 0.5) is 5.95 Å². The second kappa shape index (κ2) is 7.28. The maximum absolute atomic E-state index is 10.5. The van der Waals surface area contributed by atoms with Gasteiger partial charge in [-0.3, -0.25) is 0 Å². The van der Waals surface area contributed by atoms with E-state index in [9.17, 15) is 5.11 Å². The summed E-state index contributed by atoms with van der Waals surface area (Å²) in [6.07, 6.45) is 11.9. The second-order valence-electron chi connectivity index (χ2n) is 8.09. The van der Waals surface area contributed by atoms with Gasteiger partial charge in [0.1, 0.15) is 11.3 Å². The number of H-pyrrole nitrogens is 1. The number of methoxy groups -OCH3 is 1. The number of aliphatic hydroxyl groups is 1. The molecule has 156 valence electrons. The number of aromatic nitrogens is 5. The highest BCUT2D eigenvalue weighted by atomic mass is 16.5. The molecule has 0 radical (unpaired) electrons. The first kappa shape index (κ1) is 18.9. The van der Waals surface area contributed by atoms with Crippen molar-refractivity contribution < 1.29 is 9.84 Å². The maximum Gasteiger partial charge on any atom is 0.228 e. The summed E-state index contributed by atoms with van der Waals surface area (Å²) in [5.41, 5.74) is 3.11. The van der Waals surface area contributed by atoms with Crippen LogP contribution in [0.5, 0.6) is 5.88 Å². The molecule has 0 aliphatic heterocycles. The molecule has 4 heterocycles. The molecule has 4 aromatic heterocycles. The van der Waals surface area contributed by atoms with Crippen LogP contribution in [0.15, 0.2) is 36.9 Å². The summed E-state index contributed by atoms with van der Waals surface area (Å²) < 4.78 is 7.61. The Balaban J connectivity index is 1.46. The van der Waals surface area contributed by atoms with Gasteiger partial charge >= 0.3 is 0 Å². The first-order valence-corrected chi connectivity index (χ1v) is 10.4. The maximum atomic E-state index is 10.5. The SMILES string of the molecule is CCC1(O)CCC(Nc2nc(OC)c3c(-c4ccc5nccn5c4)c[nH]c3n2)CC1. The zero-order valence-corrected chi connectivity index (χ0v) is 17.2. The molecule has 0 unspecified atom stereocenters. The first-order chi connectivity index (χ1) is 14.6. The number of pyridine rings is 1. The van der Waals surface area contributed by atoms with Crippen LogP contribution in [-0.2, 0) is 0 Å². The molecular formula is C22H26N6O2. The number of ether oxygens (including phenoxy) is 1. The Kier molecular flexibility index (Phi) is 4.58. The molecule has 1 aliphatic carbocycles. The van der Waals surface area contributed by atoms with Crippen LogP contribution in [0.2, 0.25) is 0 Å². The molecule has 8 nitrogen and oxygen atoms in total. The standard InChI is InChI=1S/C22H26N6O2/c1-3-22(29)8-6-15(7-9-22)25-21-26-19-18(20(27-21)30-2)16(12-24-19)14-4-5-17-23-10-11-28(17)13-14/h4-5,10-13,15,29H,3,6-9H2,1-2H3,(H2,24,25,26,27). The Morgan fingerprint density at radius 2 is 2.13 bits per heavy atom. The molecule has 30 heavy (non-hydrogen) atoms. The quantitative estimate of drug-likeness (QED) is 0.466. The fraction of sp³-hybridized carbons (Fsp3) is 0.409. The highest BCUT2D eigenvalue weighted by Crippen LogP contribution is 2.36. The van der Waals surface area contributed by atoms with E-state index in [0.717, 1.165) is 59.9 Å². The summed E-state index contributed by atoms with van der Waals surface area (Å²) in [5.74, 6) is 1.08. The third-order valence-corrected chi connectivity index (χ3v) is 6.30. The third-order valence-electron chi connectivity index (χ3n) is 6.30. The molecule has 0 saturated heterocycles. The highest BCUT2D eigenvalue weighted by molar-refractivity contribution is 5.97. The smallest absolute Gasteiger partial charge is 0.228 e. The van der Waals surface area contributed by atoms with Gasteiger partial charge in [-0.05, 0) is 44.2 Å². The Labute approximate surface area is 174 Å². The number of anilines is 1. The highest BCUT2D eigenvalue weighted by Gasteiger charge is 2.31. The van der Waals surface area contributed by atoms with Crippen molar-refractivity contribution in [3.8, 4) is 17.0 Å². The summed E-state index contributed by atoms with van der Waals surface area (Å²) in [5, 5.41) is 14.7. The van der Waals surface area contributed by atoms with Gasteiger partial charge in [0.15, 0.2) is 0 Å². The number of aromatic amines is 1. The molecule has 5 rings (SSSR count). The summed E-state index contributed by atoms with van der Waals surface area (Å²) in [6.45, 7) is 2.04. The predicted molar refractivity (Wildman–Crippen MR) is 116 cm³/mol. The van der Waals surface area contributed by atoms with Crippen LogP contribution in [0.1, 0.15) is 39.0 Å². The lowest BCUT2D eigenvalue weighted by molar-refractivity contribution is -0.00198. The van der Waals surface area contributed by atoms with E-state index in [1.165, 1.54) is 0 Å². The number of imidazole rings is 1. The zero-order valence-electron chi connectivity index (χ0n) is 17.2. The lowest BCUT2D eigenvalue weighted by Crippen LogP contribution is -2.38. The third kappa shape index (κ3) is 3.27. The molecule has 4 aromatic rings. The number of hydrogen-bond acceptors (Lipinski definition) is 6. The van der Waals surface area contributed by atoms with Crippen LogP contribution >= 0.6 is 0 Å². The van der Waals surface area contributed by atoms with Crippen LogP contribution in [-0.4, -0.2) is 48.2 Å². The van der Waals surface area contributed by atoms with Gasteiger partial charge < -0.3 is 24.5 Å². The molecular weight excluding hydrogens is 380 g/mol. The van der Waals surface area contributed by atoms with Gasteiger partial charge in [-0.2, -0.15) is 9.97 Å². The van der Waals surface area contributed by atoms with E-state index < -0.39 is 5.60 Å². The molecule has 0 atom stereocenters. The average Bonchev–Trinajstić information content (AvgIpc) is 3.41. The number of nitrogens with one attached hydrogen (secondary N) is 2. The second-order valence-corrected chi connectivity index (χ2v) is 8.09. The monoisotopic (exact) mass is 406 g/mol. The number of fused-ring (bicyclic) bond motifs is 2.